The molecule has 3 heterocycles. The van der Waals surface area contributed by atoms with Crippen LogP contribution >= 0.6 is 0 Å². The second kappa shape index (κ2) is 10.6. The molecule has 1 aliphatic rings. The number of hydrogen-bond donors (Lipinski definition) is 1. The van der Waals surface area contributed by atoms with Crippen LogP contribution in [0.15, 0.2) is 70.0 Å². The molecule has 4 aromatic rings. The van der Waals surface area contributed by atoms with Gasteiger partial charge >= 0.3 is 5.76 Å². The van der Waals surface area contributed by atoms with E-state index in [1.165, 1.54) is 10.8 Å². The summed E-state index contributed by atoms with van der Waals surface area (Å²) in [7, 11) is 1.59. The van der Waals surface area contributed by atoms with Gasteiger partial charge in [0.25, 0.3) is 5.91 Å². The lowest BCUT2D eigenvalue weighted by Crippen LogP contribution is -2.39. The van der Waals surface area contributed by atoms with Crippen LogP contribution in [0.5, 0.6) is 17.2 Å². The molecule has 0 atom stereocenters. The van der Waals surface area contributed by atoms with Crippen molar-refractivity contribution in [3.63, 3.8) is 0 Å². The molecule has 0 bridgehead atoms. The maximum absolute atomic E-state index is 12.8. The van der Waals surface area contributed by atoms with Gasteiger partial charge in [0.15, 0.2) is 5.58 Å². The van der Waals surface area contributed by atoms with E-state index in [4.69, 9.17) is 13.9 Å². The molecule has 1 fully saturated rings. The Morgan fingerprint density at radius 1 is 0.973 bits per heavy atom. The summed E-state index contributed by atoms with van der Waals surface area (Å²) < 4.78 is 17.5. The fraction of sp³-hybridized carbons (Fsp3) is 0.259. The van der Waals surface area contributed by atoms with Crippen LogP contribution in [0, 0.1) is 0 Å². The summed E-state index contributed by atoms with van der Waals surface area (Å²) in [6.45, 7) is 1.28. The number of carbonyl (C=O) groups excluding carboxylic acids is 2. The molecule has 2 amide bonds. The van der Waals surface area contributed by atoms with E-state index < -0.39 is 11.7 Å². The van der Waals surface area contributed by atoms with E-state index in [9.17, 15) is 14.4 Å². The van der Waals surface area contributed by atoms with Crippen LogP contribution in [-0.4, -0.2) is 46.5 Å². The number of aromatic nitrogens is 2. The summed E-state index contributed by atoms with van der Waals surface area (Å²) in [6, 6.07) is 15.1. The number of nitrogens with zero attached hydrogens (tertiary/aromatic N) is 3. The van der Waals surface area contributed by atoms with Gasteiger partial charge in [0, 0.05) is 18.8 Å². The molecule has 37 heavy (non-hydrogen) atoms. The summed E-state index contributed by atoms with van der Waals surface area (Å²) in [6.07, 6.45) is 4.49. The van der Waals surface area contributed by atoms with E-state index in [1.54, 1.807) is 66.6 Å². The number of fused-ring (bicyclic) bond motifs is 1. The SMILES string of the molecule is COc1ccc(Oc2ccc(C(=O)Nc3ccc4oc(=O)n(CC(=O)N5CCCCC5)c4c3)nc2)cc1. The van der Waals surface area contributed by atoms with Crippen LogP contribution < -0.4 is 20.5 Å². The number of piperidine rings is 1. The van der Waals surface area contributed by atoms with E-state index in [-0.39, 0.29) is 18.1 Å². The smallest absolute Gasteiger partial charge is 0.420 e. The summed E-state index contributed by atoms with van der Waals surface area (Å²) >= 11 is 0. The van der Waals surface area contributed by atoms with Crippen molar-refractivity contribution in [2.24, 2.45) is 0 Å². The molecule has 1 aliphatic heterocycles. The lowest BCUT2D eigenvalue weighted by atomic mass is 10.1. The second-order valence-corrected chi connectivity index (χ2v) is 8.69. The number of rotatable bonds is 7. The number of amides is 2. The van der Waals surface area contributed by atoms with Crippen LogP contribution in [0.2, 0.25) is 0 Å². The van der Waals surface area contributed by atoms with Crippen molar-refractivity contribution < 1.29 is 23.5 Å². The lowest BCUT2D eigenvalue weighted by Gasteiger charge is -2.26. The van der Waals surface area contributed by atoms with Crippen molar-refractivity contribution in [3.8, 4) is 17.2 Å². The molecule has 0 saturated carbocycles. The predicted octanol–water partition coefficient (Wildman–Crippen LogP) is 4.06. The van der Waals surface area contributed by atoms with Crippen molar-refractivity contribution in [3.05, 3.63) is 77.0 Å². The highest BCUT2D eigenvalue weighted by Gasteiger charge is 2.20. The number of pyridine rings is 1. The molecular formula is C27H26N4O6. The molecule has 0 unspecified atom stereocenters. The van der Waals surface area contributed by atoms with Gasteiger partial charge in [-0.2, -0.15) is 0 Å². The van der Waals surface area contributed by atoms with E-state index in [1.807, 2.05) is 0 Å². The van der Waals surface area contributed by atoms with Crippen molar-refractivity contribution in [2.75, 3.05) is 25.5 Å². The van der Waals surface area contributed by atoms with Gasteiger partial charge in [-0.3, -0.25) is 14.2 Å². The average Bonchev–Trinajstić information content (AvgIpc) is 3.24. The van der Waals surface area contributed by atoms with Crippen molar-refractivity contribution in [1.29, 1.82) is 0 Å². The Bertz CT molecular complexity index is 1470. The Hall–Kier alpha value is -4.60. The molecule has 0 spiro atoms. The maximum atomic E-state index is 12.8. The number of likely N-dealkylation sites (tertiary alicyclic amines) is 1. The minimum atomic E-state index is -0.613. The molecular weight excluding hydrogens is 476 g/mol. The van der Waals surface area contributed by atoms with Crippen LogP contribution in [-0.2, 0) is 11.3 Å². The fourth-order valence-corrected chi connectivity index (χ4v) is 4.22. The van der Waals surface area contributed by atoms with Crippen LogP contribution in [0.4, 0.5) is 5.69 Å². The maximum Gasteiger partial charge on any atom is 0.420 e. The Balaban J connectivity index is 1.27. The monoisotopic (exact) mass is 502 g/mol. The molecule has 0 radical (unpaired) electrons. The van der Waals surface area contributed by atoms with E-state index >= 15 is 0 Å². The normalized spacial score (nSPS) is 13.4. The van der Waals surface area contributed by atoms with Gasteiger partial charge in [0.1, 0.15) is 29.5 Å². The molecule has 1 saturated heterocycles. The zero-order valence-corrected chi connectivity index (χ0v) is 20.3. The van der Waals surface area contributed by atoms with Gasteiger partial charge in [0.05, 0.1) is 18.8 Å². The minimum absolute atomic E-state index is 0.111. The predicted molar refractivity (Wildman–Crippen MR) is 136 cm³/mol. The largest absolute Gasteiger partial charge is 0.497 e. The van der Waals surface area contributed by atoms with Crippen LogP contribution in [0.25, 0.3) is 11.1 Å². The zero-order valence-electron chi connectivity index (χ0n) is 20.3. The number of anilines is 1. The highest BCUT2D eigenvalue weighted by atomic mass is 16.5. The number of ether oxygens (including phenoxy) is 2. The summed E-state index contributed by atoms with van der Waals surface area (Å²) in [4.78, 5) is 43.9. The number of hydrogen-bond acceptors (Lipinski definition) is 7. The Labute approximate surface area is 212 Å². The molecule has 10 heteroatoms. The summed E-state index contributed by atoms with van der Waals surface area (Å²) in [5, 5.41) is 2.78. The fourth-order valence-electron chi connectivity index (χ4n) is 4.22. The van der Waals surface area contributed by atoms with Crippen molar-refractivity contribution in [2.45, 2.75) is 25.8 Å². The Morgan fingerprint density at radius 3 is 2.41 bits per heavy atom. The third-order valence-corrected chi connectivity index (χ3v) is 6.19. The number of benzene rings is 2. The summed E-state index contributed by atoms with van der Waals surface area (Å²) in [5.41, 5.74) is 1.40. The standard InChI is InChI=1S/C27H26N4O6/c1-35-19-6-8-20(9-7-19)36-21-10-11-22(28-16-21)26(33)29-18-5-12-24-23(15-18)31(27(34)37-24)17-25(32)30-13-3-2-4-14-30/h5-12,15-16H,2-4,13-14,17H2,1H3,(H,29,33). The van der Waals surface area contributed by atoms with Gasteiger partial charge < -0.3 is 24.1 Å². The molecule has 10 nitrogen and oxygen atoms in total. The Kier molecular flexibility index (Phi) is 6.89. The van der Waals surface area contributed by atoms with E-state index in [0.29, 0.717) is 41.4 Å². The van der Waals surface area contributed by atoms with Gasteiger partial charge in [-0.25, -0.2) is 9.78 Å². The second-order valence-electron chi connectivity index (χ2n) is 8.69. The van der Waals surface area contributed by atoms with E-state index in [2.05, 4.69) is 10.3 Å². The van der Waals surface area contributed by atoms with E-state index in [0.717, 1.165) is 25.0 Å². The summed E-state index contributed by atoms with van der Waals surface area (Å²) in [5.74, 6) is 0.633. The molecule has 5 rings (SSSR count). The first-order valence-corrected chi connectivity index (χ1v) is 12.0. The minimum Gasteiger partial charge on any atom is -0.497 e. The first kappa shape index (κ1) is 24.1. The van der Waals surface area contributed by atoms with Crippen molar-refractivity contribution in [1.82, 2.24) is 14.5 Å². The average molecular weight is 503 g/mol. The highest BCUT2D eigenvalue weighted by Crippen LogP contribution is 2.24. The topological polar surface area (TPSA) is 116 Å². The Morgan fingerprint density at radius 2 is 1.70 bits per heavy atom. The molecule has 2 aromatic heterocycles. The third kappa shape index (κ3) is 5.48. The van der Waals surface area contributed by atoms with Crippen LogP contribution in [0.1, 0.15) is 29.8 Å². The molecule has 0 aliphatic carbocycles. The highest BCUT2D eigenvalue weighted by molar-refractivity contribution is 6.03. The molecule has 190 valence electrons. The quantitative estimate of drug-likeness (QED) is 0.405. The van der Waals surface area contributed by atoms with Gasteiger partial charge in [-0.1, -0.05) is 0 Å². The number of nitrogens with one attached hydrogen (secondary N) is 1. The first-order valence-electron chi connectivity index (χ1n) is 12.0. The van der Waals surface area contributed by atoms with Gasteiger partial charge in [-0.05, 0) is 73.9 Å². The number of methoxy groups -OCH3 is 1. The molecule has 1 N–H and O–H groups in total. The first-order chi connectivity index (χ1) is 18.0. The van der Waals surface area contributed by atoms with Gasteiger partial charge in [0.2, 0.25) is 5.91 Å². The number of carbonyl (C=O) groups is 2. The number of oxazole rings is 1. The zero-order chi connectivity index (χ0) is 25.8. The lowest BCUT2D eigenvalue weighted by molar-refractivity contribution is -0.132. The molecule has 2 aromatic carbocycles. The van der Waals surface area contributed by atoms with Gasteiger partial charge in [-0.15, -0.1) is 0 Å². The van der Waals surface area contributed by atoms with Crippen molar-refractivity contribution >= 4 is 28.6 Å². The third-order valence-electron chi connectivity index (χ3n) is 6.19. The van der Waals surface area contributed by atoms with Crippen LogP contribution in [0.3, 0.4) is 0 Å².